The van der Waals surface area contributed by atoms with Gasteiger partial charge in [-0.2, -0.15) is 4.68 Å². The van der Waals surface area contributed by atoms with Crippen LogP contribution in [0.2, 0.25) is 0 Å². The van der Waals surface area contributed by atoms with Gasteiger partial charge in [-0.1, -0.05) is 18.2 Å². The highest BCUT2D eigenvalue weighted by Gasteiger charge is 2.12. The van der Waals surface area contributed by atoms with Crippen LogP contribution in [0.3, 0.4) is 0 Å². The summed E-state index contributed by atoms with van der Waals surface area (Å²) >= 11 is 0. The number of hydrogen-bond donors (Lipinski definition) is 2. The lowest BCUT2D eigenvalue weighted by Crippen LogP contribution is -2.15. The van der Waals surface area contributed by atoms with Crippen LogP contribution < -0.4 is 11.0 Å². The summed E-state index contributed by atoms with van der Waals surface area (Å²) in [5, 5.41) is 17.1. The van der Waals surface area contributed by atoms with E-state index in [0.717, 1.165) is 4.68 Å². The van der Waals surface area contributed by atoms with Crippen LogP contribution in [0.4, 0.5) is 11.6 Å². The molecule has 9 nitrogen and oxygen atoms in total. The van der Waals surface area contributed by atoms with E-state index < -0.39 is 16.5 Å². The second kappa shape index (κ2) is 6.16. The van der Waals surface area contributed by atoms with Crippen molar-refractivity contribution in [2.75, 3.05) is 5.32 Å². The van der Waals surface area contributed by atoms with Gasteiger partial charge in [0.25, 0.3) is 11.6 Å². The molecular formula is C15H11N5O4. The summed E-state index contributed by atoms with van der Waals surface area (Å²) in [6.07, 6.45) is 0. The van der Waals surface area contributed by atoms with E-state index in [1.165, 1.54) is 24.3 Å². The van der Waals surface area contributed by atoms with E-state index in [1.807, 2.05) is 0 Å². The first-order chi connectivity index (χ1) is 11.5. The predicted octanol–water partition coefficient (Wildman–Crippen LogP) is 1.72. The third kappa shape index (κ3) is 3.04. The van der Waals surface area contributed by atoms with Crippen molar-refractivity contribution in [2.24, 2.45) is 0 Å². The highest BCUT2D eigenvalue weighted by molar-refractivity contribution is 6.03. The maximum Gasteiger partial charge on any atom is 0.349 e. The van der Waals surface area contributed by atoms with Crippen molar-refractivity contribution in [3.05, 3.63) is 80.8 Å². The lowest BCUT2D eigenvalue weighted by atomic mass is 10.2. The first-order valence-electron chi connectivity index (χ1n) is 6.85. The van der Waals surface area contributed by atoms with Crippen LogP contribution in [0.1, 0.15) is 10.4 Å². The fraction of sp³-hybridized carbons (Fsp3) is 0. The molecule has 0 aliphatic rings. The molecule has 0 saturated heterocycles. The second-order valence-electron chi connectivity index (χ2n) is 4.78. The lowest BCUT2D eigenvalue weighted by Gasteiger charge is -2.01. The number of aromatic nitrogens is 3. The minimum Gasteiger partial charge on any atom is -0.291 e. The largest absolute Gasteiger partial charge is 0.349 e. The third-order valence-corrected chi connectivity index (χ3v) is 3.19. The Morgan fingerprint density at radius 1 is 1.12 bits per heavy atom. The Hall–Kier alpha value is -3.75. The van der Waals surface area contributed by atoms with Crippen molar-refractivity contribution < 1.29 is 9.72 Å². The number of aromatic amines is 1. The average molecular weight is 325 g/mol. The molecule has 0 fully saturated rings. The Morgan fingerprint density at radius 3 is 2.42 bits per heavy atom. The third-order valence-electron chi connectivity index (χ3n) is 3.19. The molecule has 0 spiro atoms. The van der Waals surface area contributed by atoms with Gasteiger partial charge in [0.2, 0.25) is 5.95 Å². The van der Waals surface area contributed by atoms with Crippen molar-refractivity contribution in [2.45, 2.75) is 0 Å². The number of amides is 1. The van der Waals surface area contributed by atoms with Gasteiger partial charge in [-0.15, -0.1) is 5.10 Å². The Kier molecular flexibility index (Phi) is 3.89. The first-order valence-corrected chi connectivity index (χ1v) is 6.85. The van der Waals surface area contributed by atoms with E-state index in [2.05, 4.69) is 15.4 Å². The van der Waals surface area contributed by atoms with Crippen LogP contribution >= 0.6 is 0 Å². The molecule has 2 N–H and O–H groups in total. The number of nitro benzene ring substituents is 1. The van der Waals surface area contributed by atoms with Gasteiger partial charge >= 0.3 is 5.69 Å². The van der Waals surface area contributed by atoms with Crippen LogP contribution in [0.25, 0.3) is 5.69 Å². The number of H-pyrrole nitrogens is 1. The van der Waals surface area contributed by atoms with Crippen LogP contribution in [0.15, 0.2) is 59.4 Å². The van der Waals surface area contributed by atoms with Gasteiger partial charge in [-0.3, -0.25) is 25.2 Å². The van der Waals surface area contributed by atoms with Gasteiger partial charge in [-0.05, 0) is 24.3 Å². The number of carbonyl (C=O) groups excluding carboxylic acids is 1. The minimum absolute atomic E-state index is 0.0211. The zero-order chi connectivity index (χ0) is 17.1. The maximum atomic E-state index is 12.0. The number of rotatable bonds is 4. The molecule has 0 bridgehead atoms. The molecule has 0 aliphatic carbocycles. The molecule has 1 aromatic heterocycles. The van der Waals surface area contributed by atoms with E-state index in [4.69, 9.17) is 0 Å². The van der Waals surface area contributed by atoms with Gasteiger partial charge in [0, 0.05) is 17.7 Å². The molecular weight excluding hydrogens is 314 g/mol. The van der Waals surface area contributed by atoms with Gasteiger partial charge in [0.05, 0.1) is 10.6 Å². The van der Waals surface area contributed by atoms with Crippen molar-refractivity contribution in [1.29, 1.82) is 0 Å². The van der Waals surface area contributed by atoms with Gasteiger partial charge in [0.1, 0.15) is 0 Å². The summed E-state index contributed by atoms with van der Waals surface area (Å²) in [5.41, 5.74) is 0.0810. The van der Waals surface area contributed by atoms with Crippen molar-refractivity contribution in [1.82, 2.24) is 14.8 Å². The first kappa shape index (κ1) is 15.2. The molecule has 3 aromatic rings. The summed E-state index contributed by atoms with van der Waals surface area (Å²) in [5.74, 6) is -0.438. The standard InChI is InChI=1S/C15H11N5O4/c21-13(10-4-2-1-3-5-10)16-14-17-15(22)19(18-14)11-6-8-12(9-7-11)20(23)24/h1-9H,(H2,16,17,18,21,22). The molecule has 0 radical (unpaired) electrons. The molecule has 0 atom stereocenters. The van der Waals surface area contributed by atoms with Crippen LogP contribution in [0.5, 0.6) is 0 Å². The minimum atomic E-state index is -0.577. The monoisotopic (exact) mass is 325 g/mol. The summed E-state index contributed by atoms with van der Waals surface area (Å²) in [6.45, 7) is 0. The Morgan fingerprint density at radius 2 is 1.79 bits per heavy atom. The van der Waals surface area contributed by atoms with E-state index in [-0.39, 0.29) is 11.6 Å². The van der Waals surface area contributed by atoms with E-state index in [1.54, 1.807) is 30.3 Å². The number of nitrogens with zero attached hydrogens (tertiary/aromatic N) is 3. The smallest absolute Gasteiger partial charge is 0.291 e. The second-order valence-corrected chi connectivity index (χ2v) is 4.78. The SMILES string of the molecule is O=C(Nc1nn(-c2ccc([N+](=O)[O-])cc2)c(=O)[nH]1)c1ccccc1. The van der Waals surface area contributed by atoms with E-state index >= 15 is 0 Å². The maximum absolute atomic E-state index is 12.0. The summed E-state index contributed by atoms with van der Waals surface area (Å²) < 4.78 is 1.00. The lowest BCUT2D eigenvalue weighted by molar-refractivity contribution is -0.384. The summed E-state index contributed by atoms with van der Waals surface area (Å²) in [4.78, 5) is 36.5. The van der Waals surface area contributed by atoms with Crippen molar-refractivity contribution in [3.8, 4) is 5.69 Å². The van der Waals surface area contributed by atoms with Crippen LogP contribution in [-0.2, 0) is 0 Å². The molecule has 3 rings (SSSR count). The molecule has 9 heteroatoms. The summed E-state index contributed by atoms with van der Waals surface area (Å²) in [6, 6.07) is 13.8. The number of non-ortho nitro benzene ring substituents is 1. The average Bonchev–Trinajstić information content (AvgIpc) is 2.96. The number of hydrogen-bond acceptors (Lipinski definition) is 5. The Labute approximate surface area is 134 Å². The topological polar surface area (TPSA) is 123 Å². The zero-order valence-electron chi connectivity index (χ0n) is 12.2. The Balaban J connectivity index is 1.84. The molecule has 0 saturated carbocycles. The van der Waals surface area contributed by atoms with Gasteiger partial charge in [-0.25, -0.2) is 4.79 Å². The van der Waals surface area contributed by atoms with Crippen LogP contribution in [-0.4, -0.2) is 25.6 Å². The number of nitro groups is 1. The molecule has 1 amide bonds. The number of carbonyl (C=O) groups is 1. The molecule has 24 heavy (non-hydrogen) atoms. The fourth-order valence-electron chi connectivity index (χ4n) is 2.04. The zero-order valence-corrected chi connectivity index (χ0v) is 12.2. The normalized spacial score (nSPS) is 10.3. The summed E-state index contributed by atoms with van der Waals surface area (Å²) in [7, 11) is 0. The molecule has 2 aromatic carbocycles. The van der Waals surface area contributed by atoms with Crippen molar-refractivity contribution >= 4 is 17.5 Å². The predicted molar refractivity (Wildman–Crippen MR) is 85.2 cm³/mol. The van der Waals surface area contributed by atoms with Gasteiger partial charge in [0.15, 0.2) is 0 Å². The highest BCUT2D eigenvalue weighted by Crippen LogP contribution is 2.14. The van der Waals surface area contributed by atoms with Gasteiger partial charge < -0.3 is 0 Å². The molecule has 0 aliphatic heterocycles. The Bertz CT molecular complexity index is 944. The van der Waals surface area contributed by atoms with Crippen molar-refractivity contribution in [3.63, 3.8) is 0 Å². The van der Waals surface area contributed by atoms with E-state index in [0.29, 0.717) is 11.3 Å². The van der Waals surface area contributed by atoms with Crippen LogP contribution in [0, 0.1) is 10.1 Å². The highest BCUT2D eigenvalue weighted by atomic mass is 16.6. The van der Waals surface area contributed by atoms with E-state index in [9.17, 15) is 19.7 Å². The molecule has 0 unspecified atom stereocenters. The molecule has 1 heterocycles. The fourth-order valence-corrected chi connectivity index (χ4v) is 2.04. The molecule has 120 valence electrons. The quantitative estimate of drug-likeness (QED) is 0.558. The number of benzene rings is 2. The number of nitrogens with one attached hydrogen (secondary N) is 2. The number of anilines is 1.